The number of amides is 1. The van der Waals surface area contributed by atoms with Crippen molar-refractivity contribution in [1.29, 1.82) is 0 Å². The van der Waals surface area contributed by atoms with Crippen molar-refractivity contribution < 1.29 is 37.3 Å². The Balaban J connectivity index is 5.30. The van der Waals surface area contributed by atoms with Gasteiger partial charge in [0.2, 0.25) is 5.91 Å². The molecule has 0 aliphatic carbocycles. The van der Waals surface area contributed by atoms with Gasteiger partial charge < -0.3 is 19.4 Å². The first-order valence-electron chi connectivity index (χ1n) is 29.6. The third-order valence-electron chi connectivity index (χ3n) is 12.9. The molecule has 0 saturated heterocycles. The Kier molecular flexibility index (Phi) is 49.6. The number of ether oxygens (including phenoxy) is 1. The minimum absolute atomic E-state index is 0.0359. The molecule has 0 bridgehead atoms. The maximum Gasteiger partial charge on any atom is 0.472 e. The maximum atomic E-state index is 13.5. The molecule has 0 fully saturated rings. The monoisotopic (exact) mass is 1020 g/mol. The van der Waals surface area contributed by atoms with Gasteiger partial charge in [-0.15, -0.1) is 0 Å². The number of esters is 1. The van der Waals surface area contributed by atoms with Gasteiger partial charge in [-0.1, -0.05) is 217 Å². The van der Waals surface area contributed by atoms with Crippen LogP contribution in [0, 0.1) is 0 Å². The number of likely N-dealkylation sites (N-methyl/N-ethyl adjacent to an activating group) is 1. The standard InChI is InChI=1S/C61H113N2O7P/c1-7-10-13-16-19-22-25-27-29-30-31-32-34-36-39-42-45-48-51-54-61(65)70-59(52-49-46-43-40-37-24-21-18-15-12-9-3)58(57-69-71(66,67)68-56-55-63(4,5)6)62-60(64)53-50-47-44-41-38-35-33-28-26-23-20-17-14-11-8-2/h19,22-23,26-27,29,31-32,49,52,58-59H,7-18,20-21,24-25,28,30,33-48,50-51,53-57H2,1-6H3,(H-,62,64,66,67)/p+1/b22-19-,26-23-,29-27-,32-31-,52-49+. The Labute approximate surface area is 439 Å². The van der Waals surface area contributed by atoms with E-state index in [0.29, 0.717) is 17.4 Å². The molecule has 1 amide bonds. The van der Waals surface area contributed by atoms with Gasteiger partial charge in [0.05, 0.1) is 33.8 Å². The first-order valence-corrected chi connectivity index (χ1v) is 31.1. The molecule has 3 unspecified atom stereocenters. The summed E-state index contributed by atoms with van der Waals surface area (Å²) >= 11 is 0. The highest BCUT2D eigenvalue weighted by Crippen LogP contribution is 2.43. The number of carbonyl (C=O) groups is 2. The number of phosphoric acid groups is 1. The lowest BCUT2D eigenvalue weighted by atomic mass is 10.1. The molecule has 0 aliphatic rings. The van der Waals surface area contributed by atoms with E-state index in [1.807, 2.05) is 33.3 Å². The summed E-state index contributed by atoms with van der Waals surface area (Å²) in [6, 6.07) is -0.856. The second-order valence-electron chi connectivity index (χ2n) is 21.2. The van der Waals surface area contributed by atoms with E-state index in [4.69, 9.17) is 13.8 Å². The minimum Gasteiger partial charge on any atom is -0.456 e. The average Bonchev–Trinajstić information content (AvgIpc) is 3.33. The Morgan fingerprint density at radius 1 is 0.493 bits per heavy atom. The second kappa shape index (κ2) is 51.2. The van der Waals surface area contributed by atoms with Crippen LogP contribution >= 0.6 is 7.82 Å². The van der Waals surface area contributed by atoms with Crippen molar-refractivity contribution in [1.82, 2.24) is 5.32 Å². The van der Waals surface area contributed by atoms with Crippen molar-refractivity contribution >= 4 is 19.7 Å². The fourth-order valence-electron chi connectivity index (χ4n) is 8.29. The molecule has 414 valence electrons. The van der Waals surface area contributed by atoms with Crippen molar-refractivity contribution in [2.75, 3.05) is 40.9 Å². The lowest BCUT2D eigenvalue weighted by Gasteiger charge is -2.27. The summed E-state index contributed by atoms with van der Waals surface area (Å²) < 4.78 is 30.6. The van der Waals surface area contributed by atoms with E-state index in [-0.39, 0.29) is 31.5 Å². The van der Waals surface area contributed by atoms with Gasteiger partial charge in [-0.05, 0) is 96.0 Å². The van der Waals surface area contributed by atoms with Crippen LogP contribution in [0.4, 0.5) is 0 Å². The highest BCUT2D eigenvalue weighted by Gasteiger charge is 2.30. The van der Waals surface area contributed by atoms with Crippen molar-refractivity contribution in [2.24, 2.45) is 0 Å². The van der Waals surface area contributed by atoms with Crippen molar-refractivity contribution in [3.8, 4) is 0 Å². The topological polar surface area (TPSA) is 111 Å². The van der Waals surface area contributed by atoms with Crippen LogP contribution in [-0.4, -0.2) is 74.3 Å². The fraction of sp³-hybridized carbons (Fsp3) is 0.803. The Hall–Kier alpha value is -2.29. The predicted molar refractivity (Wildman–Crippen MR) is 305 cm³/mol. The quantitative estimate of drug-likeness (QED) is 0.0205. The van der Waals surface area contributed by atoms with Gasteiger partial charge in [0.25, 0.3) is 0 Å². The Bertz CT molecular complexity index is 1400. The number of unbranched alkanes of at least 4 members (excludes halogenated alkanes) is 29. The molecule has 0 aromatic carbocycles. The zero-order chi connectivity index (χ0) is 52.2. The second-order valence-corrected chi connectivity index (χ2v) is 22.6. The Morgan fingerprint density at radius 2 is 0.859 bits per heavy atom. The maximum absolute atomic E-state index is 13.5. The van der Waals surface area contributed by atoms with Gasteiger partial charge >= 0.3 is 13.8 Å². The molecule has 71 heavy (non-hydrogen) atoms. The first-order chi connectivity index (χ1) is 34.4. The zero-order valence-electron chi connectivity index (χ0n) is 47.2. The molecule has 0 aromatic heterocycles. The van der Waals surface area contributed by atoms with Gasteiger partial charge in [-0.25, -0.2) is 4.57 Å². The van der Waals surface area contributed by atoms with Crippen molar-refractivity contribution in [2.45, 2.75) is 277 Å². The number of rotatable bonds is 53. The molecule has 10 heteroatoms. The fourth-order valence-corrected chi connectivity index (χ4v) is 9.03. The number of hydrogen-bond acceptors (Lipinski definition) is 6. The van der Waals surface area contributed by atoms with Crippen LogP contribution in [0.5, 0.6) is 0 Å². The normalized spacial score (nSPS) is 14.2. The summed E-state index contributed by atoms with van der Waals surface area (Å²) in [6.07, 6.45) is 63.5. The minimum atomic E-state index is -4.45. The molecule has 0 saturated carbocycles. The van der Waals surface area contributed by atoms with Crippen LogP contribution < -0.4 is 5.32 Å². The summed E-state index contributed by atoms with van der Waals surface area (Å²) in [6.45, 7) is 6.96. The van der Waals surface area contributed by atoms with Gasteiger partial charge in [-0.3, -0.25) is 18.6 Å². The van der Waals surface area contributed by atoms with Crippen LogP contribution in [0.1, 0.15) is 265 Å². The molecule has 3 atom stereocenters. The molecule has 0 aromatic rings. The lowest BCUT2D eigenvalue weighted by Crippen LogP contribution is -2.47. The van der Waals surface area contributed by atoms with Crippen LogP contribution in [0.25, 0.3) is 0 Å². The molecule has 2 N–H and O–H groups in total. The number of hydrogen-bond donors (Lipinski definition) is 2. The van der Waals surface area contributed by atoms with Crippen LogP contribution in [0.2, 0.25) is 0 Å². The van der Waals surface area contributed by atoms with E-state index in [2.05, 4.69) is 74.7 Å². The molecule has 0 heterocycles. The number of nitrogens with one attached hydrogen (secondary N) is 1. The summed E-state index contributed by atoms with van der Waals surface area (Å²) in [5.41, 5.74) is 0. The molecule has 0 aliphatic heterocycles. The molecule has 0 rings (SSSR count). The number of quaternary nitrogens is 1. The first kappa shape index (κ1) is 68.7. The van der Waals surface area contributed by atoms with E-state index in [0.717, 1.165) is 96.3 Å². The van der Waals surface area contributed by atoms with Crippen LogP contribution in [-0.2, 0) is 27.9 Å². The summed E-state index contributed by atoms with van der Waals surface area (Å²) in [5, 5.41) is 3.04. The number of phosphoric ester groups is 1. The van der Waals surface area contributed by atoms with Crippen LogP contribution in [0.15, 0.2) is 60.8 Å². The van der Waals surface area contributed by atoms with Gasteiger partial charge in [0, 0.05) is 12.8 Å². The molecule has 0 spiro atoms. The van der Waals surface area contributed by atoms with E-state index in [1.165, 1.54) is 135 Å². The van der Waals surface area contributed by atoms with Crippen LogP contribution in [0.3, 0.4) is 0 Å². The van der Waals surface area contributed by atoms with E-state index < -0.39 is 20.0 Å². The highest BCUT2D eigenvalue weighted by atomic mass is 31.2. The third-order valence-corrected chi connectivity index (χ3v) is 13.9. The van der Waals surface area contributed by atoms with Gasteiger partial charge in [-0.2, -0.15) is 0 Å². The Morgan fingerprint density at radius 3 is 1.34 bits per heavy atom. The smallest absolute Gasteiger partial charge is 0.456 e. The SMILES string of the molecule is CCCCC/C=C\C/C=C\C/C=C\CCCCCCCCC(=O)OC(/C=C/CCCCCCCCCCC)C(COP(=O)(O)OCC[N+](C)(C)C)NC(=O)CCCCCCCCC/C=C\CCCCCC. The van der Waals surface area contributed by atoms with E-state index in [1.54, 1.807) is 0 Å². The molecule has 0 radical (unpaired) electrons. The largest absolute Gasteiger partial charge is 0.472 e. The summed E-state index contributed by atoms with van der Waals surface area (Å²) in [4.78, 5) is 37.6. The third kappa shape index (κ3) is 52.4. The number of allylic oxidation sites excluding steroid dienone is 9. The van der Waals surface area contributed by atoms with Crippen molar-refractivity contribution in [3.63, 3.8) is 0 Å². The molecular weight excluding hydrogens is 904 g/mol. The van der Waals surface area contributed by atoms with E-state index in [9.17, 15) is 19.0 Å². The summed E-state index contributed by atoms with van der Waals surface area (Å²) in [5.74, 6) is -0.523. The zero-order valence-corrected chi connectivity index (χ0v) is 48.1. The lowest BCUT2D eigenvalue weighted by molar-refractivity contribution is -0.870. The average molecular weight is 1020 g/mol. The van der Waals surface area contributed by atoms with E-state index >= 15 is 0 Å². The highest BCUT2D eigenvalue weighted by molar-refractivity contribution is 7.47. The number of carbonyl (C=O) groups excluding carboxylic acids is 2. The molecular formula is C61H114N2O7P+. The molecule has 9 nitrogen and oxygen atoms in total. The number of nitrogens with zero attached hydrogens (tertiary/aromatic N) is 1. The summed E-state index contributed by atoms with van der Waals surface area (Å²) in [7, 11) is 1.48. The van der Waals surface area contributed by atoms with Gasteiger partial charge in [0.1, 0.15) is 19.3 Å². The van der Waals surface area contributed by atoms with Crippen molar-refractivity contribution in [3.05, 3.63) is 60.8 Å². The van der Waals surface area contributed by atoms with Gasteiger partial charge in [0.15, 0.2) is 0 Å². The predicted octanol–water partition coefficient (Wildman–Crippen LogP) is 17.9.